The van der Waals surface area contributed by atoms with Crippen molar-refractivity contribution in [2.24, 2.45) is 11.7 Å². The number of nitrogens with two attached hydrogens (primary N) is 1. The third kappa shape index (κ3) is 4.71. The highest BCUT2D eigenvalue weighted by atomic mass is 32.2. The molecule has 2 rings (SSSR count). The number of nitrogens with zero attached hydrogens (tertiary/aromatic N) is 1. The average molecular weight is 369 g/mol. The fourth-order valence-corrected chi connectivity index (χ4v) is 3.97. The lowest BCUT2D eigenvalue weighted by molar-refractivity contribution is -0.120. The molecular formula is C17H28N4O3S. The van der Waals surface area contributed by atoms with Gasteiger partial charge in [-0.15, -0.1) is 0 Å². The van der Waals surface area contributed by atoms with Crippen LogP contribution in [0, 0.1) is 5.92 Å². The molecule has 1 aliphatic rings. The molecule has 0 saturated heterocycles. The van der Waals surface area contributed by atoms with Crippen LogP contribution in [0.4, 0.5) is 11.4 Å². The Morgan fingerprint density at radius 2 is 2.00 bits per heavy atom. The normalized spacial score (nSPS) is 21.2. The Kier molecular flexibility index (Phi) is 6.42. The van der Waals surface area contributed by atoms with Crippen molar-refractivity contribution in [1.82, 2.24) is 4.31 Å². The number of hydrogen-bond donors (Lipinski definition) is 3. The van der Waals surface area contributed by atoms with E-state index in [-0.39, 0.29) is 22.8 Å². The molecule has 140 valence electrons. The van der Waals surface area contributed by atoms with E-state index < -0.39 is 10.0 Å². The zero-order valence-electron chi connectivity index (χ0n) is 15.1. The van der Waals surface area contributed by atoms with Crippen molar-refractivity contribution >= 4 is 27.3 Å². The molecule has 0 aliphatic heterocycles. The van der Waals surface area contributed by atoms with Gasteiger partial charge in [0.1, 0.15) is 0 Å². The van der Waals surface area contributed by atoms with E-state index >= 15 is 0 Å². The molecule has 0 bridgehead atoms. The summed E-state index contributed by atoms with van der Waals surface area (Å²) >= 11 is 0. The van der Waals surface area contributed by atoms with Crippen molar-refractivity contribution in [2.45, 2.75) is 43.5 Å². The molecular weight excluding hydrogens is 340 g/mol. The minimum absolute atomic E-state index is 0.0539. The topological polar surface area (TPSA) is 105 Å². The van der Waals surface area contributed by atoms with Crippen molar-refractivity contribution in [3.8, 4) is 0 Å². The zero-order valence-corrected chi connectivity index (χ0v) is 15.9. The van der Waals surface area contributed by atoms with E-state index in [1.807, 2.05) is 6.92 Å². The van der Waals surface area contributed by atoms with Gasteiger partial charge >= 0.3 is 0 Å². The lowest BCUT2D eigenvalue weighted by atomic mass is 9.85. The molecule has 0 spiro atoms. The van der Waals surface area contributed by atoms with E-state index in [1.165, 1.54) is 20.2 Å². The van der Waals surface area contributed by atoms with Crippen molar-refractivity contribution in [2.75, 3.05) is 31.3 Å². The number of rotatable bonds is 6. The number of anilines is 2. The minimum atomic E-state index is -3.57. The Labute approximate surface area is 150 Å². The van der Waals surface area contributed by atoms with Crippen LogP contribution in [0.3, 0.4) is 0 Å². The second kappa shape index (κ2) is 8.16. The first-order valence-electron chi connectivity index (χ1n) is 8.62. The van der Waals surface area contributed by atoms with E-state index in [4.69, 9.17) is 5.73 Å². The van der Waals surface area contributed by atoms with E-state index in [0.29, 0.717) is 24.3 Å². The fourth-order valence-electron chi connectivity index (χ4n) is 3.04. The summed E-state index contributed by atoms with van der Waals surface area (Å²) in [7, 11) is -0.604. The van der Waals surface area contributed by atoms with Crippen LogP contribution in [-0.2, 0) is 14.8 Å². The second-order valence-corrected chi connectivity index (χ2v) is 8.79. The summed E-state index contributed by atoms with van der Waals surface area (Å²) in [6.07, 6.45) is 3.36. The van der Waals surface area contributed by atoms with Gasteiger partial charge in [0.2, 0.25) is 15.9 Å². The number of hydrogen-bond acceptors (Lipinski definition) is 5. The van der Waals surface area contributed by atoms with Gasteiger partial charge in [-0.05, 0) is 44.4 Å². The maximum atomic E-state index is 12.6. The van der Waals surface area contributed by atoms with Gasteiger partial charge in [0.05, 0.1) is 16.3 Å². The van der Waals surface area contributed by atoms with Crippen molar-refractivity contribution in [1.29, 1.82) is 0 Å². The van der Waals surface area contributed by atoms with Crippen LogP contribution >= 0.6 is 0 Å². The van der Waals surface area contributed by atoms with E-state index in [9.17, 15) is 13.2 Å². The Balaban J connectivity index is 2.28. The van der Waals surface area contributed by atoms with Crippen LogP contribution < -0.4 is 16.4 Å². The van der Waals surface area contributed by atoms with E-state index in [2.05, 4.69) is 10.6 Å². The smallest absolute Gasteiger partial charge is 0.242 e. The summed E-state index contributed by atoms with van der Waals surface area (Å²) < 4.78 is 25.9. The lowest BCUT2D eigenvalue weighted by Gasteiger charge is -2.26. The third-order valence-electron chi connectivity index (χ3n) is 4.48. The first-order valence-corrected chi connectivity index (χ1v) is 10.1. The molecule has 1 aliphatic carbocycles. The molecule has 8 heteroatoms. The highest BCUT2D eigenvalue weighted by Crippen LogP contribution is 2.29. The van der Waals surface area contributed by atoms with Gasteiger partial charge in [-0.1, -0.05) is 6.42 Å². The Bertz CT molecular complexity index is 719. The van der Waals surface area contributed by atoms with Gasteiger partial charge in [0, 0.05) is 32.6 Å². The van der Waals surface area contributed by atoms with E-state index in [0.717, 1.165) is 23.6 Å². The predicted octanol–water partition coefficient (Wildman–Crippen LogP) is 1.82. The molecule has 25 heavy (non-hydrogen) atoms. The molecule has 4 N–H and O–H groups in total. The van der Waals surface area contributed by atoms with Crippen molar-refractivity contribution in [3.05, 3.63) is 18.2 Å². The van der Waals surface area contributed by atoms with Crippen LogP contribution in [-0.4, -0.2) is 45.3 Å². The summed E-state index contributed by atoms with van der Waals surface area (Å²) in [5, 5.41) is 6.05. The van der Waals surface area contributed by atoms with Crippen molar-refractivity contribution in [3.63, 3.8) is 0 Å². The number of sulfonamides is 1. The van der Waals surface area contributed by atoms with Crippen LogP contribution in [0.15, 0.2) is 23.1 Å². The van der Waals surface area contributed by atoms with Crippen LogP contribution in [0.5, 0.6) is 0 Å². The Hall–Kier alpha value is -1.64. The number of nitrogens with one attached hydrogen (secondary N) is 2. The monoisotopic (exact) mass is 368 g/mol. The number of carbonyl (C=O) groups is 1. The quantitative estimate of drug-likeness (QED) is 0.710. The first kappa shape index (κ1) is 19.7. The van der Waals surface area contributed by atoms with Crippen LogP contribution in [0.2, 0.25) is 0 Å². The molecule has 1 amide bonds. The summed E-state index contributed by atoms with van der Waals surface area (Å²) in [5.41, 5.74) is 7.15. The largest absolute Gasteiger partial charge is 0.384 e. The highest BCUT2D eigenvalue weighted by molar-refractivity contribution is 7.89. The lowest BCUT2D eigenvalue weighted by Crippen LogP contribution is -2.34. The van der Waals surface area contributed by atoms with Gasteiger partial charge in [0.15, 0.2) is 0 Å². The van der Waals surface area contributed by atoms with Crippen molar-refractivity contribution < 1.29 is 13.2 Å². The third-order valence-corrected chi connectivity index (χ3v) is 6.29. The molecule has 1 aromatic carbocycles. The van der Waals surface area contributed by atoms with E-state index in [1.54, 1.807) is 12.1 Å². The predicted molar refractivity (Wildman–Crippen MR) is 100 cm³/mol. The molecule has 0 heterocycles. The summed E-state index contributed by atoms with van der Waals surface area (Å²) in [6, 6.07) is 4.79. The molecule has 2 atom stereocenters. The van der Waals surface area contributed by atoms with Gasteiger partial charge in [-0.25, -0.2) is 12.7 Å². The molecule has 1 saturated carbocycles. The van der Waals surface area contributed by atoms with Gasteiger partial charge in [-0.3, -0.25) is 4.79 Å². The molecule has 7 nitrogen and oxygen atoms in total. The summed E-state index contributed by atoms with van der Waals surface area (Å²) in [6.45, 7) is 2.60. The SMILES string of the molecule is CCNc1ccc(S(=O)(=O)N(C)C)cc1NC(=O)C1CCCC(N)C1. The average Bonchev–Trinajstić information content (AvgIpc) is 2.56. The molecule has 0 radical (unpaired) electrons. The van der Waals surface area contributed by atoms with Gasteiger partial charge in [-0.2, -0.15) is 0 Å². The number of carbonyl (C=O) groups excluding carboxylic acids is 1. The Morgan fingerprint density at radius 3 is 2.60 bits per heavy atom. The summed E-state index contributed by atoms with van der Waals surface area (Å²) in [5.74, 6) is -0.235. The minimum Gasteiger partial charge on any atom is -0.384 e. The standard InChI is InChI=1S/C17H28N4O3S/c1-4-19-15-9-8-14(25(23,24)21(2)3)11-16(15)20-17(22)12-6-5-7-13(18)10-12/h8-9,11-13,19H,4-7,10,18H2,1-3H3,(H,20,22). The zero-order chi connectivity index (χ0) is 18.6. The maximum Gasteiger partial charge on any atom is 0.242 e. The molecule has 2 unspecified atom stereocenters. The highest BCUT2D eigenvalue weighted by Gasteiger charge is 2.26. The molecule has 1 fully saturated rings. The second-order valence-electron chi connectivity index (χ2n) is 6.64. The molecule has 0 aromatic heterocycles. The molecule has 1 aromatic rings. The first-order chi connectivity index (χ1) is 11.8. The van der Waals surface area contributed by atoms with Gasteiger partial charge in [0.25, 0.3) is 0 Å². The van der Waals surface area contributed by atoms with Crippen LogP contribution in [0.1, 0.15) is 32.6 Å². The number of amides is 1. The van der Waals surface area contributed by atoms with Crippen LogP contribution in [0.25, 0.3) is 0 Å². The summed E-state index contributed by atoms with van der Waals surface area (Å²) in [4.78, 5) is 12.8. The Morgan fingerprint density at radius 1 is 1.28 bits per heavy atom. The fraction of sp³-hybridized carbons (Fsp3) is 0.588. The number of benzene rings is 1. The van der Waals surface area contributed by atoms with Gasteiger partial charge < -0.3 is 16.4 Å². The maximum absolute atomic E-state index is 12.6.